The molecule has 0 aliphatic carbocycles. The van der Waals surface area contributed by atoms with E-state index in [9.17, 15) is 9.59 Å². The number of carbonyl (C=O) groups is 2. The van der Waals surface area contributed by atoms with Gasteiger partial charge in [-0.15, -0.1) is 0 Å². The van der Waals surface area contributed by atoms with E-state index in [2.05, 4.69) is 0 Å². The molecule has 0 aromatic heterocycles. The van der Waals surface area contributed by atoms with E-state index in [0.29, 0.717) is 13.0 Å². The first-order valence-electron chi connectivity index (χ1n) is 4.77. The van der Waals surface area contributed by atoms with Crippen LogP contribution in [0.4, 0.5) is 0 Å². The van der Waals surface area contributed by atoms with Crippen LogP contribution in [-0.2, 0) is 9.59 Å². The van der Waals surface area contributed by atoms with Crippen molar-refractivity contribution in [1.82, 2.24) is 4.90 Å². The lowest BCUT2D eigenvalue weighted by Gasteiger charge is -2.20. The van der Waals surface area contributed by atoms with Crippen LogP contribution in [-0.4, -0.2) is 29.3 Å². The van der Waals surface area contributed by atoms with Gasteiger partial charge in [0.25, 0.3) is 0 Å². The van der Waals surface area contributed by atoms with Gasteiger partial charge in [-0.05, 0) is 26.7 Å². The molecule has 0 aromatic rings. The van der Waals surface area contributed by atoms with Crippen molar-refractivity contribution in [3.05, 3.63) is 11.6 Å². The molecule has 1 rings (SSSR count). The summed E-state index contributed by atoms with van der Waals surface area (Å²) in [5.41, 5.74) is 6.14. The van der Waals surface area contributed by atoms with Crippen molar-refractivity contribution in [2.24, 2.45) is 5.73 Å². The number of hydrogen-bond donors (Lipinski definition) is 1. The molecule has 0 aromatic carbocycles. The number of primary amides is 1. The molecule has 1 heterocycles. The van der Waals surface area contributed by atoms with Crippen LogP contribution in [0.15, 0.2) is 11.6 Å². The number of rotatable bonds is 2. The van der Waals surface area contributed by atoms with Crippen LogP contribution in [0, 0.1) is 0 Å². The molecule has 0 spiro atoms. The Hall–Kier alpha value is -1.32. The molecule has 4 nitrogen and oxygen atoms in total. The van der Waals surface area contributed by atoms with Gasteiger partial charge in [-0.1, -0.05) is 5.57 Å². The summed E-state index contributed by atoms with van der Waals surface area (Å²) in [6, 6.07) is -0.405. The molecule has 1 aliphatic heterocycles. The monoisotopic (exact) mass is 196 g/mol. The number of amides is 2. The lowest BCUT2D eigenvalue weighted by molar-refractivity contribution is -0.133. The Kier molecular flexibility index (Phi) is 3.28. The Morgan fingerprint density at radius 3 is 2.57 bits per heavy atom. The fourth-order valence-corrected chi connectivity index (χ4v) is 1.66. The van der Waals surface area contributed by atoms with E-state index in [1.807, 2.05) is 13.8 Å². The standard InChI is InChI=1S/C10H16N2O2/c1-7(2)6-9(13)12-5-3-4-8(12)10(11)14/h6,8H,3-5H2,1-2H3,(H2,11,14). The second-order valence-electron chi connectivity index (χ2n) is 3.81. The fourth-order valence-electron chi connectivity index (χ4n) is 1.66. The minimum atomic E-state index is -0.405. The summed E-state index contributed by atoms with van der Waals surface area (Å²) in [6.07, 6.45) is 3.09. The average molecular weight is 196 g/mol. The zero-order valence-corrected chi connectivity index (χ0v) is 8.62. The number of carbonyl (C=O) groups excluding carboxylic acids is 2. The van der Waals surface area contributed by atoms with Gasteiger partial charge < -0.3 is 10.6 Å². The van der Waals surface area contributed by atoms with Gasteiger partial charge >= 0.3 is 0 Å². The van der Waals surface area contributed by atoms with Crippen molar-refractivity contribution < 1.29 is 9.59 Å². The van der Waals surface area contributed by atoms with Crippen LogP contribution >= 0.6 is 0 Å². The summed E-state index contributed by atoms with van der Waals surface area (Å²) in [7, 11) is 0. The van der Waals surface area contributed by atoms with Crippen molar-refractivity contribution in [3.8, 4) is 0 Å². The van der Waals surface area contributed by atoms with Gasteiger partial charge in [0.2, 0.25) is 11.8 Å². The van der Waals surface area contributed by atoms with E-state index in [1.54, 1.807) is 11.0 Å². The van der Waals surface area contributed by atoms with Crippen molar-refractivity contribution in [2.45, 2.75) is 32.7 Å². The molecular weight excluding hydrogens is 180 g/mol. The summed E-state index contributed by atoms with van der Waals surface area (Å²) in [4.78, 5) is 24.2. The largest absolute Gasteiger partial charge is 0.368 e. The minimum Gasteiger partial charge on any atom is -0.368 e. The molecule has 0 bridgehead atoms. The topological polar surface area (TPSA) is 63.4 Å². The molecule has 1 aliphatic rings. The van der Waals surface area contributed by atoms with E-state index in [-0.39, 0.29) is 5.91 Å². The first kappa shape index (κ1) is 10.8. The number of nitrogens with two attached hydrogens (primary N) is 1. The van der Waals surface area contributed by atoms with E-state index >= 15 is 0 Å². The summed E-state index contributed by atoms with van der Waals surface area (Å²) in [5.74, 6) is -0.510. The Labute approximate surface area is 83.8 Å². The summed E-state index contributed by atoms with van der Waals surface area (Å²) >= 11 is 0. The molecule has 1 fully saturated rings. The highest BCUT2D eigenvalue weighted by atomic mass is 16.2. The number of allylic oxidation sites excluding steroid dienone is 1. The maximum atomic E-state index is 11.6. The van der Waals surface area contributed by atoms with Gasteiger partial charge in [0.1, 0.15) is 6.04 Å². The smallest absolute Gasteiger partial charge is 0.247 e. The molecule has 1 atom stereocenters. The molecule has 14 heavy (non-hydrogen) atoms. The molecule has 2 N–H and O–H groups in total. The van der Waals surface area contributed by atoms with Gasteiger partial charge in [0, 0.05) is 12.6 Å². The molecule has 0 radical (unpaired) electrons. The van der Waals surface area contributed by atoms with Crippen LogP contribution in [0.1, 0.15) is 26.7 Å². The van der Waals surface area contributed by atoms with Gasteiger partial charge in [-0.25, -0.2) is 0 Å². The number of likely N-dealkylation sites (tertiary alicyclic amines) is 1. The lowest BCUT2D eigenvalue weighted by Crippen LogP contribution is -2.43. The average Bonchev–Trinajstić information content (AvgIpc) is 2.49. The molecule has 0 saturated carbocycles. The van der Waals surface area contributed by atoms with Crippen molar-refractivity contribution >= 4 is 11.8 Å². The van der Waals surface area contributed by atoms with Crippen LogP contribution in [0.25, 0.3) is 0 Å². The highest BCUT2D eigenvalue weighted by Crippen LogP contribution is 2.17. The van der Waals surface area contributed by atoms with Gasteiger partial charge in [0.05, 0.1) is 0 Å². The molecule has 1 saturated heterocycles. The maximum Gasteiger partial charge on any atom is 0.247 e. The minimum absolute atomic E-state index is 0.105. The summed E-state index contributed by atoms with van der Waals surface area (Å²) < 4.78 is 0. The second-order valence-corrected chi connectivity index (χ2v) is 3.81. The van der Waals surface area contributed by atoms with E-state index < -0.39 is 11.9 Å². The van der Waals surface area contributed by atoms with E-state index in [0.717, 1.165) is 12.0 Å². The lowest BCUT2D eigenvalue weighted by atomic mass is 10.2. The SMILES string of the molecule is CC(C)=CC(=O)N1CCCC1C(N)=O. The Balaban J connectivity index is 2.72. The van der Waals surface area contributed by atoms with Gasteiger partial charge in [0.15, 0.2) is 0 Å². The molecule has 78 valence electrons. The highest BCUT2D eigenvalue weighted by Gasteiger charge is 2.31. The van der Waals surface area contributed by atoms with Crippen LogP contribution in [0.3, 0.4) is 0 Å². The molecule has 1 unspecified atom stereocenters. The second kappa shape index (κ2) is 4.26. The third-order valence-corrected chi connectivity index (χ3v) is 2.28. The maximum absolute atomic E-state index is 11.6. The van der Waals surface area contributed by atoms with Crippen LogP contribution in [0.2, 0.25) is 0 Å². The first-order valence-corrected chi connectivity index (χ1v) is 4.77. The first-order chi connectivity index (χ1) is 6.52. The predicted octanol–water partition coefficient (Wildman–Crippen LogP) is 0.429. The van der Waals surface area contributed by atoms with Crippen molar-refractivity contribution in [1.29, 1.82) is 0 Å². The molecule has 4 heteroatoms. The number of hydrogen-bond acceptors (Lipinski definition) is 2. The number of nitrogens with zero attached hydrogens (tertiary/aromatic N) is 1. The third-order valence-electron chi connectivity index (χ3n) is 2.28. The molecular formula is C10H16N2O2. The highest BCUT2D eigenvalue weighted by molar-refractivity contribution is 5.93. The summed E-state index contributed by atoms with van der Waals surface area (Å²) in [6.45, 7) is 4.34. The predicted molar refractivity (Wildman–Crippen MR) is 53.4 cm³/mol. The Bertz CT molecular complexity index is 280. The van der Waals surface area contributed by atoms with E-state index in [1.165, 1.54) is 0 Å². The van der Waals surface area contributed by atoms with Gasteiger partial charge in [-0.3, -0.25) is 9.59 Å². The zero-order chi connectivity index (χ0) is 10.7. The molecule has 2 amide bonds. The van der Waals surface area contributed by atoms with Crippen LogP contribution in [0.5, 0.6) is 0 Å². The quantitative estimate of drug-likeness (QED) is 0.651. The normalized spacial score (nSPS) is 20.7. The Morgan fingerprint density at radius 1 is 1.43 bits per heavy atom. The summed E-state index contributed by atoms with van der Waals surface area (Å²) in [5, 5.41) is 0. The van der Waals surface area contributed by atoms with Crippen molar-refractivity contribution in [3.63, 3.8) is 0 Å². The zero-order valence-electron chi connectivity index (χ0n) is 8.62. The third kappa shape index (κ3) is 2.34. The van der Waals surface area contributed by atoms with E-state index in [4.69, 9.17) is 5.73 Å². The van der Waals surface area contributed by atoms with Gasteiger partial charge in [-0.2, -0.15) is 0 Å². The fraction of sp³-hybridized carbons (Fsp3) is 0.600. The van der Waals surface area contributed by atoms with Crippen molar-refractivity contribution in [2.75, 3.05) is 6.54 Å². The Morgan fingerprint density at radius 2 is 2.07 bits per heavy atom. The van der Waals surface area contributed by atoms with Crippen LogP contribution < -0.4 is 5.73 Å².